The predicted molar refractivity (Wildman–Crippen MR) is 37.5 cm³/mol. The second-order valence-corrected chi connectivity index (χ2v) is 2.43. The Balaban J connectivity index is 0. The van der Waals surface area contributed by atoms with Crippen LogP contribution in [0.25, 0.3) is 0 Å². The van der Waals surface area contributed by atoms with Gasteiger partial charge in [-0.05, 0) is 24.9 Å². The van der Waals surface area contributed by atoms with E-state index >= 15 is 0 Å². The van der Waals surface area contributed by atoms with Crippen LogP contribution >= 0.6 is 0 Å². The van der Waals surface area contributed by atoms with Gasteiger partial charge in [0, 0.05) is 0 Å². The Kier molecular flexibility index (Phi) is 3.83. The summed E-state index contributed by atoms with van der Waals surface area (Å²) >= 11 is 0. The van der Waals surface area contributed by atoms with Crippen molar-refractivity contribution in [1.82, 2.24) is 0 Å². The van der Waals surface area contributed by atoms with E-state index in [0.29, 0.717) is 11.8 Å². The molecular formula is C6H17N2+. The van der Waals surface area contributed by atoms with Crippen molar-refractivity contribution in [3.63, 3.8) is 0 Å². The van der Waals surface area contributed by atoms with Crippen LogP contribution in [0.15, 0.2) is 0 Å². The highest BCUT2D eigenvalue weighted by molar-refractivity contribution is 4.61. The van der Waals surface area contributed by atoms with Gasteiger partial charge in [0.25, 0.3) is 0 Å². The van der Waals surface area contributed by atoms with E-state index in [4.69, 9.17) is 11.5 Å². The molecule has 2 unspecified atom stereocenters. The van der Waals surface area contributed by atoms with Gasteiger partial charge < -0.3 is 11.5 Å². The lowest BCUT2D eigenvalue weighted by atomic mass is 9.97. The molecule has 2 heteroatoms. The molecule has 0 bridgehead atoms. The summed E-state index contributed by atoms with van der Waals surface area (Å²) in [4.78, 5) is 0. The molecule has 0 aromatic rings. The number of nitrogens with two attached hydrogens (primary N) is 2. The number of rotatable bonds is 3. The topological polar surface area (TPSA) is 52.0 Å². The van der Waals surface area contributed by atoms with E-state index in [9.17, 15) is 0 Å². The molecule has 8 heavy (non-hydrogen) atoms. The minimum Gasteiger partial charge on any atom is -0.330 e. The normalized spacial score (nSPS) is 18.0. The zero-order valence-electron chi connectivity index (χ0n) is 6.72. The van der Waals surface area contributed by atoms with Crippen LogP contribution in [0.1, 0.15) is 15.3 Å². The van der Waals surface area contributed by atoms with E-state index in [-0.39, 0.29) is 1.43 Å². The van der Waals surface area contributed by atoms with E-state index in [2.05, 4.69) is 13.8 Å². The van der Waals surface area contributed by atoms with Crippen LogP contribution in [0.5, 0.6) is 0 Å². The standard InChI is InChI=1S/C6H16N2/c1-5(3-7)6(2)4-8/h5-6H,3-4,7-8H2,1-2H3/p+1. The van der Waals surface area contributed by atoms with Gasteiger partial charge in [-0.3, -0.25) is 0 Å². The molecule has 0 amide bonds. The van der Waals surface area contributed by atoms with Crippen LogP contribution in [-0.2, 0) is 0 Å². The molecule has 0 aromatic heterocycles. The Morgan fingerprint density at radius 3 is 1.50 bits per heavy atom. The van der Waals surface area contributed by atoms with Crippen LogP contribution in [0, 0.1) is 11.8 Å². The maximum absolute atomic E-state index is 5.39. The molecule has 0 rings (SSSR count). The van der Waals surface area contributed by atoms with Crippen LogP contribution < -0.4 is 11.5 Å². The van der Waals surface area contributed by atoms with Gasteiger partial charge in [-0.1, -0.05) is 13.8 Å². The first kappa shape index (κ1) is 7.92. The van der Waals surface area contributed by atoms with Crippen molar-refractivity contribution >= 4 is 0 Å². The Labute approximate surface area is 52.7 Å². The molecule has 50 valence electrons. The molecule has 0 fully saturated rings. The van der Waals surface area contributed by atoms with E-state index in [1.807, 2.05) is 0 Å². The smallest absolute Gasteiger partial charge is 0.330 e. The van der Waals surface area contributed by atoms with Crippen molar-refractivity contribution < 1.29 is 1.43 Å². The summed E-state index contributed by atoms with van der Waals surface area (Å²) in [6.45, 7) is 5.74. The van der Waals surface area contributed by atoms with Crippen LogP contribution in [-0.4, -0.2) is 13.1 Å². The molecule has 4 N–H and O–H groups in total. The van der Waals surface area contributed by atoms with E-state index in [1.165, 1.54) is 0 Å². The Bertz CT molecular complexity index is 51.0. The second-order valence-electron chi connectivity index (χ2n) is 2.43. The SMILES string of the molecule is CC(CN)C(C)CN.[H+]. The Morgan fingerprint density at radius 1 is 1.12 bits per heavy atom. The second kappa shape index (κ2) is 3.87. The average molecular weight is 117 g/mol. The number of hydrogen-bond acceptors (Lipinski definition) is 2. The van der Waals surface area contributed by atoms with E-state index in [0.717, 1.165) is 13.1 Å². The van der Waals surface area contributed by atoms with Crippen molar-refractivity contribution in [2.24, 2.45) is 23.3 Å². The molecule has 0 aliphatic heterocycles. The summed E-state index contributed by atoms with van der Waals surface area (Å²) in [6.07, 6.45) is 0. The minimum atomic E-state index is 0. The largest absolute Gasteiger partial charge is 1.00 e. The van der Waals surface area contributed by atoms with Gasteiger partial charge in [0.05, 0.1) is 0 Å². The molecule has 2 atom stereocenters. The lowest BCUT2D eigenvalue weighted by molar-refractivity contribution is 0.405. The van der Waals surface area contributed by atoms with E-state index in [1.54, 1.807) is 0 Å². The highest BCUT2D eigenvalue weighted by Gasteiger charge is 2.06. The van der Waals surface area contributed by atoms with Gasteiger partial charge in [-0.25, -0.2) is 0 Å². The van der Waals surface area contributed by atoms with Crippen molar-refractivity contribution in [2.75, 3.05) is 13.1 Å². The zero-order chi connectivity index (χ0) is 6.57. The molecular weight excluding hydrogens is 100 g/mol. The van der Waals surface area contributed by atoms with Crippen molar-refractivity contribution in [3.8, 4) is 0 Å². The lowest BCUT2D eigenvalue weighted by Gasteiger charge is -2.14. The van der Waals surface area contributed by atoms with Gasteiger partial charge in [0.1, 0.15) is 0 Å². The first-order valence-electron chi connectivity index (χ1n) is 3.12. The van der Waals surface area contributed by atoms with Gasteiger partial charge in [0.15, 0.2) is 0 Å². The zero-order valence-corrected chi connectivity index (χ0v) is 5.72. The van der Waals surface area contributed by atoms with Gasteiger partial charge in [0.2, 0.25) is 0 Å². The average Bonchev–Trinajstić information content (AvgIpc) is 1.84. The summed E-state index contributed by atoms with van der Waals surface area (Å²) in [5.74, 6) is 1.14. The predicted octanol–water partition coefficient (Wildman–Crippen LogP) is 0.289. The van der Waals surface area contributed by atoms with Crippen molar-refractivity contribution in [1.29, 1.82) is 0 Å². The van der Waals surface area contributed by atoms with E-state index < -0.39 is 0 Å². The fourth-order valence-corrected chi connectivity index (χ4v) is 0.465. The summed E-state index contributed by atoms with van der Waals surface area (Å²) < 4.78 is 0. The van der Waals surface area contributed by atoms with Crippen LogP contribution in [0.2, 0.25) is 0 Å². The first-order chi connectivity index (χ1) is 3.72. The fraction of sp³-hybridized carbons (Fsp3) is 1.00. The van der Waals surface area contributed by atoms with Crippen LogP contribution in [0.3, 0.4) is 0 Å². The third kappa shape index (κ3) is 2.28. The summed E-state index contributed by atoms with van der Waals surface area (Å²) in [5.41, 5.74) is 10.8. The minimum absolute atomic E-state index is 0. The molecule has 0 saturated heterocycles. The summed E-state index contributed by atoms with van der Waals surface area (Å²) in [7, 11) is 0. The summed E-state index contributed by atoms with van der Waals surface area (Å²) in [6, 6.07) is 0. The van der Waals surface area contributed by atoms with Crippen LogP contribution in [0.4, 0.5) is 0 Å². The maximum Gasteiger partial charge on any atom is 1.00 e. The van der Waals surface area contributed by atoms with Gasteiger partial charge in [-0.15, -0.1) is 0 Å². The molecule has 0 heterocycles. The molecule has 0 aliphatic carbocycles. The van der Waals surface area contributed by atoms with Crippen molar-refractivity contribution in [3.05, 3.63) is 0 Å². The monoisotopic (exact) mass is 117 g/mol. The maximum atomic E-state index is 5.39. The number of hydrogen-bond donors (Lipinski definition) is 2. The third-order valence-electron chi connectivity index (χ3n) is 1.71. The Morgan fingerprint density at radius 2 is 1.38 bits per heavy atom. The Hall–Kier alpha value is -0.0800. The molecule has 0 aromatic carbocycles. The molecule has 0 spiro atoms. The van der Waals surface area contributed by atoms with Gasteiger partial charge in [-0.2, -0.15) is 0 Å². The van der Waals surface area contributed by atoms with Crippen molar-refractivity contribution in [2.45, 2.75) is 13.8 Å². The van der Waals surface area contributed by atoms with Gasteiger partial charge >= 0.3 is 1.43 Å². The third-order valence-corrected chi connectivity index (χ3v) is 1.71. The fourth-order valence-electron chi connectivity index (χ4n) is 0.465. The first-order valence-corrected chi connectivity index (χ1v) is 3.12. The summed E-state index contributed by atoms with van der Waals surface area (Å²) in [5, 5.41) is 0. The molecule has 0 aliphatic rings. The molecule has 2 nitrogen and oxygen atoms in total. The molecule has 0 radical (unpaired) electrons. The quantitative estimate of drug-likeness (QED) is 0.558. The lowest BCUT2D eigenvalue weighted by Crippen LogP contribution is -2.24. The molecule has 0 saturated carbocycles. The highest BCUT2D eigenvalue weighted by Crippen LogP contribution is 2.05. The highest BCUT2D eigenvalue weighted by atomic mass is 14.6.